The molecule has 0 aliphatic rings. The molecule has 1 aromatic carbocycles. The maximum atomic E-state index is 11.3. The van der Waals surface area contributed by atoms with Gasteiger partial charge >= 0.3 is 4.87 Å². The van der Waals surface area contributed by atoms with Gasteiger partial charge in [0.2, 0.25) is 5.88 Å². The van der Waals surface area contributed by atoms with Crippen LogP contribution in [-0.4, -0.2) is 16.0 Å². The van der Waals surface area contributed by atoms with Crippen LogP contribution in [0.5, 0.6) is 5.88 Å². The Kier molecular flexibility index (Phi) is 2.87. The fraction of sp³-hybridized carbons (Fsp3) is 0.0909. The summed E-state index contributed by atoms with van der Waals surface area (Å²) in [6.07, 6.45) is 0.762. The van der Waals surface area contributed by atoms with Crippen LogP contribution in [0.25, 0.3) is 0 Å². The second-order valence-electron chi connectivity index (χ2n) is 3.31. The molecule has 4 nitrogen and oxygen atoms in total. The molecule has 2 aromatic rings. The van der Waals surface area contributed by atoms with Gasteiger partial charge in [-0.1, -0.05) is 35.6 Å². The number of hydrogen-bond acceptors (Lipinski definition) is 4. The molecular formula is C11H9NO3S. The predicted octanol–water partition coefficient (Wildman–Crippen LogP) is 1.48. The molecule has 0 atom stereocenters. The summed E-state index contributed by atoms with van der Waals surface area (Å²) in [6, 6.07) is 6.87. The first kappa shape index (κ1) is 10.6. The van der Waals surface area contributed by atoms with Crippen molar-refractivity contribution < 1.29 is 9.90 Å². The second kappa shape index (κ2) is 4.32. The molecule has 0 radical (unpaired) electrons. The average molecular weight is 235 g/mol. The van der Waals surface area contributed by atoms with Crippen LogP contribution in [0.3, 0.4) is 0 Å². The molecule has 0 amide bonds. The first-order valence-electron chi connectivity index (χ1n) is 4.62. The number of hydrogen-bond donors (Lipinski definition) is 1. The molecule has 1 N–H and O–H groups in total. The molecule has 0 bridgehead atoms. The van der Waals surface area contributed by atoms with Gasteiger partial charge in [0.15, 0.2) is 0 Å². The lowest BCUT2D eigenvalue weighted by Gasteiger charge is -2.03. The maximum absolute atomic E-state index is 11.3. The molecule has 0 aliphatic heterocycles. The predicted molar refractivity (Wildman–Crippen MR) is 61.2 cm³/mol. The number of aldehydes is 1. The quantitative estimate of drug-likeness (QED) is 0.820. The Morgan fingerprint density at radius 1 is 1.31 bits per heavy atom. The minimum absolute atomic E-state index is 0.0329. The lowest BCUT2D eigenvalue weighted by molar-refractivity contribution is 0.112. The van der Waals surface area contributed by atoms with Crippen molar-refractivity contribution in [2.45, 2.75) is 6.54 Å². The van der Waals surface area contributed by atoms with Gasteiger partial charge in [0.1, 0.15) is 6.29 Å². The summed E-state index contributed by atoms with van der Waals surface area (Å²) < 4.78 is 1.28. The normalized spacial score (nSPS) is 10.2. The Balaban J connectivity index is 2.27. The third-order valence-electron chi connectivity index (χ3n) is 2.22. The number of thiazole rings is 1. The van der Waals surface area contributed by atoms with Gasteiger partial charge in [-0.25, -0.2) is 0 Å². The number of aromatic nitrogens is 1. The highest BCUT2D eigenvalue weighted by Gasteiger charge is 2.05. The van der Waals surface area contributed by atoms with Gasteiger partial charge in [0, 0.05) is 5.56 Å². The SMILES string of the molecule is O=Cc1ccc(Cn2c(O)csc2=O)cc1. The van der Waals surface area contributed by atoms with Gasteiger partial charge in [-0.05, 0) is 5.56 Å². The fourth-order valence-corrected chi connectivity index (χ4v) is 1.97. The van der Waals surface area contributed by atoms with Gasteiger partial charge in [-0.2, -0.15) is 0 Å². The zero-order valence-electron chi connectivity index (χ0n) is 8.29. The van der Waals surface area contributed by atoms with Crippen LogP contribution in [-0.2, 0) is 6.54 Å². The summed E-state index contributed by atoms with van der Waals surface area (Å²) in [7, 11) is 0. The van der Waals surface area contributed by atoms with Crippen LogP contribution < -0.4 is 4.87 Å². The fourth-order valence-electron chi connectivity index (χ4n) is 1.35. The summed E-state index contributed by atoms with van der Waals surface area (Å²) in [5.74, 6) is -0.0329. The van der Waals surface area contributed by atoms with Crippen molar-refractivity contribution in [3.8, 4) is 5.88 Å². The van der Waals surface area contributed by atoms with Crippen LogP contribution in [0.2, 0.25) is 0 Å². The average Bonchev–Trinajstić information content (AvgIpc) is 2.62. The van der Waals surface area contributed by atoms with Crippen molar-refractivity contribution in [2.75, 3.05) is 0 Å². The van der Waals surface area contributed by atoms with E-state index in [4.69, 9.17) is 0 Å². The van der Waals surface area contributed by atoms with Crippen molar-refractivity contribution in [1.82, 2.24) is 4.57 Å². The van der Waals surface area contributed by atoms with Crippen molar-refractivity contribution >= 4 is 17.6 Å². The molecule has 1 heterocycles. The smallest absolute Gasteiger partial charge is 0.310 e. The third kappa shape index (κ3) is 2.04. The summed E-state index contributed by atoms with van der Waals surface area (Å²) in [5.41, 5.74) is 1.45. The standard InChI is InChI=1S/C11H9NO3S/c13-6-9-3-1-8(2-4-9)5-12-10(14)7-16-11(12)15/h1-4,6-7,14H,5H2. The van der Waals surface area contributed by atoms with Crippen LogP contribution in [0.1, 0.15) is 15.9 Å². The highest BCUT2D eigenvalue weighted by atomic mass is 32.1. The molecule has 0 saturated carbocycles. The largest absolute Gasteiger partial charge is 0.494 e. The van der Waals surface area contributed by atoms with Gasteiger partial charge in [0.05, 0.1) is 11.9 Å². The summed E-state index contributed by atoms with van der Waals surface area (Å²) in [4.78, 5) is 21.6. The highest BCUT2D eigenvalue weighted by molar-refractivity contribution is 7.07. The number of carbonyl (C=O) groups excluding carboxylic acids is 1. The van der Waals surface area contributed by atoms with Crippen LogP contribution in [0, 0.1) is 0 Å². The van der Waals surface area contributed by atoms with Gasteiger partial charge < -0.3 is 5.11 Å². The van der Waals surface area contributed by atoms with Crippen LogP contribution in [0.15, 0.2) is 34.4 Å². The van der Waals surface area contributed by atoms with Gasteiger partial charge in [0.25, 0.3) is 0 Å². The molecule has 1 aromatic heterocycles. The molecule has 2 rings (SSSR count). The van der Waals surface area contributed by atoms with E-state index in [0.29, 0.717) is 12.1 Å². The minimum atomic E-state index is -0.197. The van der Waals surface area contributed by atoms with E-state index in [1.807, 2.05) is 0 Å². The Labute approximate surface area is 95.4 Å². The maximum Gasteiger partial charge on any atom is 0.310 e. The van der Waals surface area contributed by atoms with E-state index in [1.165, 1.54) is 9.95 Å². The first-order chi connectivity index (χ1) is 7.70. The number of nitrogens with zero attached hydrogens (tertiary/aromatic N) is 1. The summed E-state index contributed by atoms with van der Waals surface area (Å²) in [5, 5.41) is 10.8. The molecule has 16 heavy (non-hydrogen) atoms. The molecule has 0 aliphatic carbocycles. The molecule has 0 fully saturated rings. The minimum Gasteiger partial charge on any atom is -0.494 e. The highest BCUT2D eigenvalue weighted by Crippen LogP contribution is 2.12. The van der Waals surface area contributed by atoms with Crippen LogP contribution >= 0.6 is 11.3 Å². The van der Waals surface area contributed by atoms with Crippen molar-refractivity contribution in [1.29, 1.82) is 0 Å². The zero-order chi connectivity index (χ0) is 11.5. The number of rotatable bonds is 3. The monoisotopic (exact) mass is 235 g/mol. The van der Waals surface area contributed by atoms with E-state index in [2.05, 4.69) is 0 Å². The summed E-state index contributed by atoms with van der Waals surface area (Å²) >= 11 is 0.959. The van der Waals surface area contributed by atoms with E-state index < -0.39 is 0 Å². The van der Waals surface area contributed by atoms with Gasteiger partial charge in [-0.15, -0.1) is 0 Å². The lowest BCUT2D eigenvalue weighted by atomic mass is 10.1. The lowest BCUT2D eigenvalue weighted by Crippen LogP contribution is -2.13. The Bertz CT molecular complexity index is 553. The third-order valence-corrected chi connectivity index (χ3v) is 2.97. The molecule has 82 valence electrons. The zero-order valence-corrected chi connectivity index (χ0v) is 9.11. The number of benzene rings is 1. The Hall–Kier alpha value is -1.88. The Morgan fingerprint density at radius 3 is 2.50 bits per heavy atom. The van der Waals surface area contributed by atoms with Crippen molar-refractivity contribution in [2.24, 2.45) is 0 Å². The molecular weight excluding hydrogens is 226 g/mol. The summed E-state index contributed by atoms with van der Waals surface area (Å²) in [6.45, 7) is 0.313. The van der Waals surface area contributed by atoms with Gasteiger partial charge in [-0.3, -0.25) is 14.2 Å². The van der Waals surface area contributed by atoms with E-state index in [9.17, 15) is 14.7 Å². The van der Waals surface area contributed by atoms with Crippen molar-refractivity contribution in [3.05, 3.63) is 50.4 Å². The first-order valence-corrected chi connectivity index (χ1v) is 5.50. The Morgan fingerprint density at radius 2 is 2.00 bits per heavy atom. The number of carbonyl (C=O) groups is 1. The van der Waals surface area contributed by atoms with E-state index >= 15 is 0 Å². The second-order valence-corrected chi connectivity index (χ2v) is 4.13. The van der Waals surface area contributed by atoms with E-state index in [0.717, 1.165) is 23.2 Å². The van der Waals surface area contributed by atoms with E-state index in [-0.39, 0.29) is 10.8 Å². The molecule has 0 saturated heterocycles. The topological polar surface area (TPSA) is 59.3 Å². The molecule has 5 heteroatoms. The molecule has 0 spiro atoms. The number of aromatic hydroxyl groups is 1. The van der Waals surface area contributed by atoms with Crippen molar-refractivity contribution in [3.63, 3.8) is 0 Å². The molecule has 0 unspecified atom stereocenters. The van der Waals surface area contributed by atoms with Crippen LogP contribution in [0.4, 0.5) is 0 Å². The van der Waals surface area contributed by atoms with E-state index in [1.54, 1.807) is 24.3 Å².